The van der Waals surface area contributed by atoms with Gasteiger partial charge in [0.1, 0.15) is 5.75 Å². The maximum Gasteiger partial charge on any atom is 0.416 e. The molecular formula is C10H11NO5. The quantitative estimate of drug-likeness (QED) is 0.725. The van der Waals surface area contributed by atoms with Gasteiger partial charge in [0.25, 0.3) is 0 Å². The van der Waals surface area contributed by atoms with Gasteiger partial charge in [-0.25, -0.2) is 14.5 Å². The number of hydrogen-bond acceptors (Lipinski definition) is 3. The van der Waals surface area contributed by atoms with Crippen LogP contribution in [0.2, 0.25) is 0 Å². The lowest BCUT2D eigenvalue weighted by molar-refractivity contribution is 0.123. The Morgan fingerprint density at radius 2 is 1.56 bits per heavy atom. The molecule has 16 heavy (non-hydrogen) atoms. The highest BCUT2D eigenvalue weighted by molar-refractivity contribution is 5.85. The van der Waals surface area contributed by atoms with Crippen molar-refractivity contribution in [3.63, 3.8) is 0 Å². The summed E-state index contributed by atoms with van der Waals surface area (Å²) in [5.74, 6) is 0.108. The molecule has 86 valence electrons. The Morgan fingerprint density at radius 1 is 1.06 bits per heavy atom. The maximum atomic E-state index is 10.5. The third-order valence-corrected chi connectivity index (χ3v) is 2.02. The molecule has 0 aliphatic carbocycles. The lowest BCUT2D eigenvalue weighted by atomic mass is 10.1. The Labute approximate surface area is 91.4 Å². The van der Waals surface area contributed by atoms with Gasteiger partial charge in [-0.3, -0.25) is 0 Å². The van der Waals surface area contributed by atoms with Crippen molar-refractivity contribution in [2.75, 3.05) is 6.54 Å². The van der Waals surface area contributed by atoms with Crippen LogP contribution in [0.4, 0.5) is 9.59 Å². The van der Waals surface area contributed by atoms with Crippen LogP contribution in [0.15, 0.2) is 24.3 Å². The number of aromatic hydroxyl groups is 1. The second-order valence-electron chi connectivity index (χ2n) is 3.13. The Kier molecular flexibility index (Phi) is 3.71. The molecular weight excluding hydrogens is 214 g/mol. The highest BCUT2D eigenvalue weighted by Crippen LogP contribution is 2.10. The maximum absolute atomic E-state index is 10.5. The van der Waals surface area contributed by atoms with E-state index in [1.54, 1.807) is 12.1 Å². The van der Waals surface area contributed by atoms with Crippen LogP contribution in [0.25, 0.3) is 0 Å². The highest BCUT2D eigenvalue weighted by atomic mass is 16.4. The molecule has 6 nitrogen and oxygen atoms in total. The first kappa shape index (κ1) is 11.8. The Morgan fingerprint density at radius 3 is 2.00 bits per heavy atom. The molecule has 1 aromatic carbocycles. The number of carbonyl (C=O) groups is 2. The van der Waals surface area contributed by atoms with Gasteiger partial charge in [0, 0.05) is 6.54 Å². The summed E-state index contributed by atoms with van der Waals surface area (Å²) in [4.78, 5) is 21.4. The third kappa shape index (κ3) is 3.16. The first-order chi connectivity index (χ1) is 7.50. The van der Waals surface area contributed by atoms with Crippen LogP contribution in [0.5, 0.6) is 5.75 Å². The number of carboxylic acid groups (broad SMARTS) is 2. The fourth-order valence-electron chi connectivity index (χ4n) is 1.18. The van der Waals surface area contributed by atoms with Crippen LogP contribution < -0.4 is 0 Å². The minimum Gasteiger partial charge on any atom is -0.508 e. The van der Waals surface area contributed by atoms with Crippen LogP contribution >= 0.6 is 0 Å². The molecule has 0 heterocycles. The molecule has 0 fully saturated rings. The summed E-state index contributed by atoms with van der Waals surface area (Å²) in [5.41, 5.74) is 0.755. The predicted molar refractivity (Wildman–Crippen MR) is 54.6 cm³/mol. The topological polar surface area (TPSA) is 98.1 Å². The summed E-state index contributed by atoms with van der Waals surface area (Å²) < 4.78 is 0. The van der Waals surface area contributed by atoms with Crippen molar-refractivity contribution < 1.29 is 24.9 Å². The molecule has 3 N–H and O–H groups in total. The van der Waals surface area contributed by atoms with Crippen LogP contribution in [-0.2, 0) is 6.42 Å². The Hall–Kier alpha value is -2.24. The first-order valence-electron chi connectivity index (χ1n) is 4.52. The monoisotopic (exact) mass is 225 g/mol. The zero-order valence-electron chi connectivity index (χ0n) is 8.33. The molecule has 0 bridgehead atoms. The predicted octanol–water partition coefficient (Wildman–Crippen LogP) is 1.59. The number of benzene rings is 1. The Balaban J connectivity index is 2.59. The molecule has 6 heteroatoms. The fourth-order valence-corrected chi connectivity index (χ4v) is 1.18. The second kappa shape index (κ2) is 5.01. The van der Waals surface area contributed by atoms with Gasteiger partial charge in [-0.2, -0.15) is 0 Å². The van der Waals surface area contributed by atoms with E-state index in [9.17, 15) is 9.59 Å². The summed E-state index contributed by atoms with van der Waals surface area (Å²) in [5, 5.41) is 26.2. The van der Waals surface area contributed by atoms with E-state index in [-0.39, 0.29) is 18.7 Å². The van der Waals surface area contributed by atoms with Crippen molar-refractivity contribution in [2.45, 2.75) is 6.42 Å². The van der Waals surface area contributed by atoms with Gasteiger partial charge >= 0.3 is 12.2 Å². The minimum absolute atomic E-state index is 0.108. The van der Waals surface area contributed by atoms with E-state index in [0.29, 0.717) is 4.90 Å². The summed E-state index contributed by atoms with van der Waals surface area (Å²) >= 11 is 0. The molecule has 0 spiro atoms. The van der Waals surface area contributed by atoms with Crippen LogP contribution in [0, 0.1) is 0 Å². The standard InChI is InChI=1S/C10H11NO5/c12-8-3-1-7(2-4-8)5-6-11(9(13)14)10(15)16/h1-4,12H,5-6H2,(H,13,14)(H,15,16). The van der Waals surface area contributed by atoms with Crippen LogP contribution in [-0.4, -0.2) is 39.0 Å². The molecule has 0 atom stereocenters. The van der Waals surface area contributed by atoms with Gasteiger partial charge in [0.05, 0.1) is 0 Å². The SMILES string of the molecule is O=C(O)N(CCc1ccc(O)cc1)C(=O)O. The number of amides is 2. The molecule has 1 rings (SSSR count). The number of imide groups is 1. The average molecular weight is 225 g/mol. The van der Waals surface area contributed by atoms with Gasteiger partial charge in [-0.1, -0.05) is 12.1 Å². The summed E-state index contributed by atoms with van der Waals surface area (Å²) in [6, 6.07) is 6.14. The lowest BCUT2D eigenvalue weighted by Crippen LogP contribution is -2.36. The minimum atomic E-state index is -1.49. The smallest absolute Gasteiger partial charge is 0.416 e. The van der Waals surface area contributed by atoms with Crippen molar-refractivity contribution in [1.29, 1.82) is 0 Å². The van der Waals surface area contributed by atoms with Gasteiger partial charge in [-0.15, -0.1) is 0 Å². The van der Waals surface area contributed by atoms with Crippen molar-refractivity contribution in [1.82, 2.24) is 4.90 Å². The van der Waals surface area contributed by atoms with Gasteiger partial charge in [0.15, 0.2) is 0 Å². The number of rotatable bonds is 3. The fraction of sp³-hybridized carbons (Fsp3) is 0.200. The molecule has 0 saturated heterocycles. The summed E-state index contributed by atoms with van der Waals surface area (Å²) in [7, 11) is 0. The molecule has 0 aliphatic rings. The van der Waals surface area contributed by atoms with E-state index in [2.05, 4.69) is 0 Å². The van der Waals surface area contributed by atoms with Crippen molar-refractivity contribution in [3.05, 3.63) is 29.8 Å². The van der Waals surface area contributed by atoms with Crippen molar-refractivity contribution in [3.8, 4) is 5.75 Å². The van der Waals surface area contributed by atoms with E-state index >= 15 is 0 Å². The molecule has 0 aromatic heterocycles. The molecule has 0 radical (unpaired) electrons. The van der Waals surface area contributed by atoms with Crippen LogP contribution in [0.1, 0.15) is 5.56 Å². The molecule has 2 amide bonds. The summed E-state index contributed by atoms with van der Waals surface area (Å²) in [6.07, 6.45) is -2.71. The van der Waals surface area contributed by atoms with Gasteiger partial charge in [-0.05, 0) is 24.1 Å². The van der Waals surface area contributed by atoms with E-state index in [4.69, 9.17) is 15.3 Å². The van der Waals surface area contributed by atoms with E-state index in [0.717, 1.165) is 5.56 Å². The third-order valence-electron chi connectivity index (χ3n) is 2.02. The number of phenolic OH excluding ortho intramolecular Hbond substituents is 1. The normalized spacial score (nSPS) is 9.75. The zero-order valence-corrected chi connectivity index (χ0v) is 8.33. The number of phenols is 1. The molecule has 0 unspecified atom stereocenters. The number of nitrogens with zero attached hydrogens (tertiary/aromatic N) is 1. The van der Waals surface area contributed by atoms with Gasteiger partial charge < -0.3 is 15.3 Å². The second-order valence-corrected chi connectivity index (χ2v) is 3.13. The van der Waals surface area contributed by atoms with E-state index in [1.807, 2.05) is 0 Å². The average Bonchev–Trinajstić information content (AvgIpc) is 2.20. The van der Waals surface area contributed by atoms with E-state index in [1.165, 1.54) is 12.1 Å². The number of hydrogen-bond donors (Lipinski definition) is 3. The summed E-state index contributed by atoms with van der Waals surface area (Å²) in [6.45, 7) is -0.130. The largest absolute Gasteiger partial charge is 0.508 e. The lowest BCUT2D eigenvalue weighted by Gasteiger charge is -2.12. The van der Waals surface area contributed by atoms with Gasteiger partial charge in [0.2, 0.25) is 0 Å². The van der Waals surface area contributed by atoms with Crippen molar-refractivity contribution >= 4 is 12.2 Å². The van der Waals surface area contributed by atoms with Crippen LogP contribution in [0.3, 0.4) is 0 Å². The highest BCUT2D eigenvalue weighted by Gasteiger charge is 2.18. The van der Waals surface area contributed by atoms with E-state index < -0.39 is 12.2 Å². The van der Waals surface area contributed by atoms with Crippen molar-refractivity contribution in [2.24, 2.45) is 0 Å². The zero-order chi connectivity index (χ0) is 12.1. The molecule has 1 aromatic rings. The Bertz CT molecular complexity index is 373. The molecule has 0 saturated carbocycles. The molecule has 0 aliphatic heterocycles. The first-order valence-corrected chi connectivity index (χ1v) is 4.52.